The van der Waals surface area contributed by atoms with Gasteiger partial charge in [-0.25, -0.2) is 0 Å². The first-order valence-corrected chi connectivity index (χ1v) is 5.09. The van der Waals surface area contributed by atoms with Gasteiger partial charge in [0, 0.05) is 32.4 Å². The Morgan fingerprint density at radius 2 is 2.40 bits per heavy atom. The first-order valence-electron chi connectivity index (χ1n) is 5.09. The molecule has 0 aliphatic heterocycles. The van der Waals surface area contributed by atoms with Gasteiger partial charge in [-0.05, 0) is 13.8 Å². The molecule has 0 bridgehead atoms. The van der Waals surface area contributed by atoms with Crippen LogP contribution in [0.25, 0.3) is 0 Å². The standard InChI is InChI=1S/C10H18N4O/c1-4-14-7-9(6-12-14)10(15)13(3)8(2)5-11/h6-8H,4-5,11H2,1-3H3/t8-/m0/s1. The van der Waals surface area contributed by atoms with E-state index in [1.54, 1.807) is 29.0 Å². The smallest absolute Gasteiger partial charge is 0.257 e. The van der Waals surface area contributed by atoms with Crippen LogP contribution >= 0.6 is 0 Å². The molecule has 1 heterocycles. The van der Waals surface area contributed by atoms with Crippen molar-refractivity contribution in [1.82, 2.24) is 14.7 Å². The highest BCUT2D eigenvalue weighted by molar-refractivity contribution is 5.93. The molecule has 1 aromatic rings. The molecule has 0 saturated carbocycles. The third kappa shape index (κ3) is 2.56. The lowest BCUT2D eigenvalue weighted by Gasteiger charge is -2.22. The molecule has 1 rings (SSSR count). The summed E-state index contributed by atoms with van der Waals surface area (Å²) >= 11 is 0. The van der Waals surface area contributed by atoms with Crippen molar-refractivity contribution in [2.75, 3.05) is 13.6 Å². The normalized spacial score (nSPS) is 12.5. The summed E-state index contributed by atoms with van der Waals surface area (Å²) < 4.78 is 1.73. The van der Waals surface area contributed by atoms with Crippen LogP contribution in [-0.2, 0) is 6.54 Å². The second-order valence-electron chi connectivity index (χ2n) is 3.59. The molecular formula is C10H18N4O. The van der Waals surface area contributed by atoms with Crippen LogP contribution in [0.15, 0.2) is 12.4 Å². The van der Waals surface area contributed by atoms with E-state index in [0.29, 0.717) is 12.1 Å². The van der Waals surface area contributed by atoms with Gasteiger partial charge in [0.2, 0.25) is 0 Å². The predicted molar refractivity (Wildman–Crippen MR) is 58.5 cm³/mol. The Hall–Kier alpha value is -1.36. The predicted octanol–water partition coefficient (Wildman–Crippen LogP) is 0.322. The SMILES string of the molecule is CCn1cc(C(=O)N(C)[C@@H](C)CN)cn1. The van der Waals surface area contributed by atoms with Crippen molar-refractivity contribution in [1.29, 1.82) is 0 Å². The number of rotatable bonds is 4. The number of aromatic nitrogens is 2. The zero-order chi connectivity index (χ0) is 11.4. The number of carbonyl (C=O) groups excluding carboxylic acids is 1. The lowest BCUT2D eigenvalue weighted by molar-refractivity contribution is 0.0748. The molecule has 84 valence electrons. The Balaban J connectivity index is 2.75. The summed E-state index contributed by atoms with van der Waals surface area (Å²) in [6.07, 6.45) is 3.34. The number of nitrogens with zero attached hydrogens (tertiary/aromatic N) is 3. The molecule has 2 N–H and O–H groups in total. The summed E-state index contributed by atoms with van der Waals surface area (Å²) in [5, 5.41) is 4.06. The molecule has 1 aromatic heterocycles. The highest BCUT2D eigenvalue weighted by atomic mass is 16.2. The van der Waals surface area contributed by atoms with E-state index >= 15 is 0 Å². The molecule has 0 saturated heterocycles. The van der Waals surface area contributed by atoms with Gasteiger partial charge in [-0.1, -0.05) is 0 Å². The Labute approximate surface area is 89.9 Å². The summed E-state index contributed by atoms with van der Waals surface area (Å²) in [5.74, 6) is -0.0346. The molecule has 15 heavy (non-hydrogen) atoms. The van der Waals surface area contributed by atoms with Crippen LogP contribution in [-0.4, -0.2) is 40.2 Å². The van der Waals surface area contributed by atoms with Crippen LogP contribution in [0.3, 0.4) is 0 Å². The van der Waals surface area contributed by atoms with Crippen molar-refractivity contribution in [2.24, 2.45) is 5.73 Å². The minimum absolute atomic E-state index is 0.0346. The van der Waals surface area contributed by atoms with Crippen LogP contribution in [0.1, 0.15) is 24.2 Å². The van der Waals surface area contributed by atoms with Crippen molar-refractivity contribution < 1.29 is 4.79 Å². The number of hydrogen-bond acceptors (Lipinski definition) is 3. The lowest BCUT2D eigenvalue weighted by Crippen LogP contribution is -2.39. The maximum Gasteiger partial charge on any atom is 0.257 e. The highest BCUT2D eigenvalue weighted by Crippen LogP contribution is 2.05. The Morgan fingerprint density at radius 1 is 1.73 bits per heavy atom. The molecule has 0 aliphatic carbocycles. The van der Waals surface area contributed by atoms with E-state index in [4.69, 9.17) is 5.73 Å². The molecule has 0 aromatic carbocycles. The second-order valence-corrected chi connectivity index (χ2v) is 3.59. The number of amides is 1. The molecule has 1 atom stereocenters. The van der Waals surface area contributed by atoms with Crippen LogP contribution < -0.4 is 5.73 Å². The molecule has 5 nitrogen and oxygen atoms in total. The molecule has 0 unspecified atom stereocenters. The molecule has 0 aliphatic rings. The quantitative estimate of drug-likeness (QED) is 0.778. The zero-order valence-corrected chi connectivity index (χ0v) is 9.47. The highest BCUT2D eigenvalue weighted by Gasteiger charge is 2.17. The van der Waals surface area contributed by atoms with E-state index in [1.807, 2.05) is 13.8 Å². The van der Waals surface area contributed by atoms with Crippen LogP contribution in [0.5, 0.6) is 0 Å². The fraction of sp³-hybridized carbons (Fsp3) is 0.600. The van der Waals surface area contributed by atoms with E-state index in [1.165, 1.54) is 0 Å². The molecule has 5 heteroatoms. The van der Waals surface area contributed by atoms with E-state index in [0.717, 1.165) is 6.54 Å². The Bertz CT molecular complexity index is 334. The third-order valence-electron chi connectivity index (χ3n) is 2.53. The minimum atomic E-state index is -0.0346. The maximum atomic E-state index is 11.9. The number of likely N-dealkylation sites (N-methyl/N-ethyl adjacent to an activating group) is 1. The van der Waals surface area contributed by atoms with Crippen LogP contribution in [0.4, 0.5) is 0 Å². The van der Waals surface area contributed by atoms with Crippen molar-refractivity contribution in [3.05, 3.63) is 18.0 Å². The molecule has 0 fully saturated rings. The monoisotopic (exact) mass is 210 g/mol. The average Bonchev–Trinajstić information content (AvgIpc) is 2.74. The second kappa shape index (κ2) is 4.93. The van der Waals surface area contributed by atoms with E-state index in [-0.39, 0.29) is 11.9 Å². The fourth-order valence-electron chi connectivity index (χ4n) is 1.21. The number of aryl methyl sites for hydroxylation is 1. The van der Waals surface area contributed by atoms with E-state index < -0.39 is 0 Å². The molecule has 1 amide bonds. The Kier molecular flexibility index (Phi) is 3.85. The van der Waals surface area contributed by atoms with Crippen molar-refractivity contribution in [2.45, 2.75) is 26.4 Å². The summed E-state index contributed by atoms with van der Waals surface area (Å²) in [6, 6.07) is 0.0440. The van der Waals surface area contributed by atoms with E-state index in [2.05, 4.69) is 5.10 Å². The Morgan fingerprint density at radius 3 is 2.87 bits per heavy atom. The van der Waals surface area contributed by atoms with E-state index in [9.17, 15) is 4.79 Å². The van der Waals surface area contributed by atoms with Crippen molar-refractivity contribution in [3.8, 4) is 0 Å². The van der Waals surface area contributed by atoms with Gasteiger partial charge >= 0.3 is 0 Å². The molecule has 0 radical (unpaired) electrons. The van der Waals surface area contributed by atoms with Crippen molar-refractivity contribution >= 4 is 5.91 Å². The summed E-state index contributed by atoms with van der Waals surface area (Å²) in [4.78, 5) is 13.5. The van der Waals surface area contributed by atoms with Gasteiger partial charge in [0.05, 0.1) is 11.8 Å². The molecule has 0 spiro atoms. The van der Waals surface area contributed by atoms with Gasteiger partial charge in [-0.15, -0.1) is 0 Å². The zero-order valence-electron chi connectivity index (χ0n) is 9.47. The summed E-state index contributed by atoms with van der Waals surface area (Å²) in [7, 11) is 1.75. The third-order valence-corrected chi connectivity index (χ3v) is 2.53. The maximum absolute atomic E-state index is 11.9. The number of carbonyl (C=O) groups is 1. The average molecular weight is 210 g/mol. The largest absolute Gasteiger partial charge is 0.338 e. The summed E-state index contributed by atoms with van der Waals surface area (Å²) in [6.45, 7) is 5.13. The molecular weight excluding hydrogens is 192 g/mol. The topological polar surface area (TPSA) is 64.2 Å². The van der Waals surface area contributed by atoms with Gasteiger partial charge in [-0.2, -0.15) is 5.10 Å². The number of nitrogens with two attached hydrogens (primary N) is 1. The van der Waals surface area contributed by atoms with Gasteiger partial charge < -0.3 is 10.6 Å². The van der Waals surface area contributed by atoms with Crippen LogP contribution in [0.2, 0.25) is 0 Å². The number of hydrogen-bond donors (Lipinski definition) is 1. The van der Waals surface area contributed by atoms with Gasteiger partial charge in [0.25, 0.3) is 5.91 Å². The first-order chi connectivity index (χ1) is 7.10. The summed E-state index contributed by atoms with van der Waals surface area (Å²) in [5.41, 5.74) is 6.12. The minimum Gasteiger partial charge on any atom is -0.338 e. The van der Waals surface area contributed by atoms with Gasteiger partial charge in [-0.3, -0.25) is 9.48 Å². The first kappa shape index (κ1) is 11.7. The van der Waals surface area contributed by atoms with Gasteiger partial charge in [0.15, 0.2) is 0 Å². The van der Waals surface area contributed by atoms with Crippen molar-refractivity contribution in [3.63, 3.8) is 0 Å². The fourth-order valence-corrected chi connectivity index (χ4v) is 1.21. The van der Waals surface area contributed by atoms with Crippen LogP contribution in [0, 0.1) is 0 Å². The lowest BCUT2D eigenvalue weighted by atomic mass is 10.2. The van der Waals surface area contributed by atoms with Gasteiger partial charge in [0.1, 0.15) is 0 Å².